The van der Waals surface area contributed by atoms with Crippen molar-refractivity contribution < 1.29 is 24.6 Å². The summed E-state index contributed by atoms with van der Waals surface area (Å²) in [6.07, 6.45) is 15.3. The van der Waals surface area contributed by atoms with Crippen LogP contribution in [0, 0.1) is 0 Å². The number of carboxylic acid groups (broad SMARTS) is 2. The van der Waals surface area contributed by atoms with Gasteiger partial charge in [0.2, 0.25) is 5.91 Å². The van der Waals surface area contributed by atoms with Gasteiger partial charge in [-0.05, 0) is 52.4 Å². The first kappa shape index (κ1) is 29.1. The van der Waals surface area contributed by atoms with E-state index in [1.54, 1.807) is 5.57 Å². The summed E-state index contributed by atoms with van der Waals surface area (Å²) in [6, 6.07) is -1.13. The fraction of sp³-hybridized carbons (Fsp3) is 0.800. The van der Waals surface area contributed by atoms with E-state index in [1.807, 2.05) is 0 Å². The molecule has 0 radical (unpaired) electrons. The zero-order valence-electron chi connectivity index (χ0n) is 20.0. The van der Waals surface area contributed by atoms with Gasteiger partial charge in [-0.3, -0.25) is 9.59 Å². The van der Waals surface area contributed by atoms with Crippen LogP contribution in [-0.2, 0) is 14.4 Å². The second kappa shape index (κ2) is 18.9. The number of rotatable bonds is 20. The Bertz CT molecular complexity index is 556. The highest BCUT2D eigenvalue weighted by atomic mass is 16.4. The standard InChI is InChI=1S/C25H45NO5/c1-4-5-6-7-9-12-15-20(2)21(3)16-13-10-8-11-14-17-23(27)26-22(25(30)31)18-19-24(28)29/h22H,4-19H2,1-3H3,(H,26,27)(H,28,29)(H,30,31)/b21-20-. The molecule has 1 amide bonds. The molecule has 1 atom stereocenters. The molecule has 0 aliphatic heterocycles. The Balaban J connectivity index is 3.83. The number of carboxylic acids is 2. The smallest absolute Gasteiger partial charge is 0.326 e. The van der Waals surface area contributed by atoms with Gasteiger partial charge in [0.15, 0.2) is 0 Å². The molecule has 0 spiro atoms. The van der Waals surface area contributed by atoms with Gasteiger partial charge in [0.25, 0.3) is 0 Å². The van der Waals surface area contributed by atoms with Crippen molar-refractivity contribution in [3.8, 4) is 0 Å². The Hall–Kier alpha value is -1.85. The fourth-order valence-electron chi connectivity index (χ4n) is 3.60. The second-order valence-corrected chi connectivity index (χ2v) is 8.74. The third-order valence-electron chi connectivity index (χ3n) is 5.87. The monoisotopic (exact) mass is 439 g/mol. The molecule has 0 aliphatic carbocycles. The summed E-state index contributed by atoms with van der Waals surface area (Å²) in [6.45, 7) is 6.76. The molecule has 31 heavy (non-hydrogen) atoms. The maximum Gasteiger partial charge on any atom is 0.326 e. The summed E-state index contributed by atoms with van der Waals surface area (Å²) in [4.78, 5) is 33.6. The average molecular weight is 440 g/mol. The molecule has 0 saturated heterocycles. The second-order valence-electron chi connectivity index (χ2n) is 8.74. The Morgan fingerprint density at radius 3 is 1.58 bits per heavy atom. The number of aliphatic carboxylic acids is 2. The predicted molar refractivity (Wildman–Crippen MR) is 125 cm³/mol. The van der Waals surface area contributed by atoms with Gasteiger partial charge in [0, 0.05) is 12.8 Å². The topological polar surface area (TPSA) is 104 Å². The molecule has 0 aromatic carbocycles. The highest BCUT2D eigenvalue weighted by molar-refractivity contribution is 5.83. The predicted octanol–water partition coefficient (Wildman–Crippen LogP) is 6.24. The highest BCUT2D eigenvalue weighted by Crippen LogP contribution is 2.19. The SMILES string of the molecule is CCCCCCCC/C(C)=C(/C)CCCCCCCC(=O)NC(CCC(=O)O)C(=O)O. The van der Waals surface area contributed by atoms with E-state index in [9.17, 15) is 14.4 Å². The summed E-state index contributed by atoms with van der Waals surface area (Å²) in [7, 11) is 0. The van der Waals surface area contributed by atoms with Crippen molar-refractivity contribution in [1.82, 2.24) is 5.32 Å². The first-order valence-electron chi connectivity index (χ1n) is 12.2. The Morgan fingerprint density at radius 2 is 1.13 bits per heavy atom. The molecule has 1 unspecified atom stereocenters. The number of hydrogen-bond acceptors (Lipinski definition) is 3. The van der Waals surface area contributed by atoms with Crippen LogP contribution in [-0.4, -0.2) is 34.1 Å². The van der Waals surface area contributed by atoms with E-state index >= 15 is 0 Å². The first-order valence-corrected chi connectivity index (χ1v) is 12.2. The maximum atomic E-state index is 11.9. The minimum atomic E-state index is -1.19. The summed E-state index contributed by atoms with van der Waals surface area (Å²) < 4.78 is 0. The molecule has 0 fully saturated rings. The molecule has 6 heteroatoms. The Labute approximate surface area is 188 Å². The first-order chi connectivity index (χ1) is 14.8. The number of amides is 1. The van der Waals surface area contributed by atoms with Crippen LogP contribution in [0.4, 0.5) is 0 Å². The van der Waals surface area contributed by atoms with E-state index in [0.717, 1.165) is 32.1 Å². The van der Waals surface area contributed by atoms with E-state index in [0.29, 0.717) is 0 Å². The molecule has 0 aromatic heterocycles. The summed E-state index contributed by atoms with van der Waals surface area (Å²) in [5.41, 5.74) is 3.07. The van der Waals surface area contributed by atoms with Gasteiger partial charge in [0.1, 0.15) is 6.04 Å². The quantitative estimate of drug-likeness (QED) is 0.154. The molecule has 0 aromatic rings. The molecule has 6 nitrogen and oxygen atoms in total. The van der Waals surface area contributed by atoms with Crippen molar-refractivity contribution in [1.29, 1.82) is 0 Å². The lowest BCUT2D eigenvalue weighted by Crippen LogP contribution is -2.41. The molecule has 0 heterocycles. The van der Waals surface area contributed by atoms with Crippen molar-refractivity contribution in [3.05, 3.63) is 11.1 Å². The molecule has 0 saturated carbocycles. The number of carbonyl (C=O) groups is 3. The van der Waals surface area contributed by atoms with Gasteiger partial charge >= 0.3 is 11.9 Å². The van der Waals surface area contributed by atoms with Crippen LogP contribution in [0.25, 0.3) is 0 Å². The molecule has 0 aliphatic rings. The molecule has 3 N–H and O–H groups in total. The number of allylic oxidation sites excluding steroid dienone is 2. The maximum absolute atomic E-state index is 11.9. The van der Waals surface area contributed by atoms with Crippen LogP contribution in [0.1, 0.15) is 124 Å². The third kappa shape index (κ3) is 17.5. The van der Waals surface area contributed by atoms with E-state index < -0.39 is 18.0 Å². The summed E-state index contributed by atoms with van der Waals surface area (Å²) in [5, 5.41) is 20.1. The van der Waals surface area contributed by atoms with Gasteiger partial charge in [-0.15, -0.1) is 0 Å². The normalized spacial score (nSPS) is 12.9. The number of carbonyl (C=O) groups excluding carboxylic acids is 1. The van der Waals surface area contributed by atoms with Crippen molar-refractivity contribution in [2.75, 3.05) is 0 Å². The van der Waals surface area contributed by atoms with Gasteiger partial charge in [-0.2, -0.15) is 0 Å². The van der Waals surface area contributed by atoms with E-state index in [4.69, 9.17) is 10.2 Å². The van der Waals surface area contributed by atoms with Crippen molar-refractivity contribution >= 4 is 17.8 Å². The average Bonchev–Trinajstić information content (AvgIpc) is 2.72. The van der Waals surface area contributed by atoms with Crippen LogP contribution in [0.5, 0.6) is 0 Å². The lowest BCUT2D eigenvalue weighted by molar-refractivity contribution is -0.143. The van der Waals surface area contributed by atoms with E-state index in [1.165, 1.54) is 56.9 Å². The van der Waals surface area contributed by atoms with E-state index in [-0.39, 0.29) is 25.2 Å². The van der Waals surface area contributed by atoms with Gasteiger partial charge < -0.3 is 15.5 Å². The number of nitrogens with one attached hydrogen (secondary N) is 1. The van der Waals surface area contributed by atoms with Crippen LogP contribution < -0.4 is 5.32 Å². The number of unbranched alkanes of at least 4 members (excludes halogenated alkanes) is 9. The minimum Gasteiger partial charge on any atom is -0.481 e. The van der Waals surface area contributed by atoms with Crippen LogP contribution >= 0.6 is 0 Å². The van der Waals surface area contributed by atoms with Crippen LogP contribution in [0.15, 0.2) is 11.1 Å². The fourth-order valence-corrected chi connectivity index (χ4v) is 3.60. The van der Waals surface area contributed by atoms with Crippen LogP contribution in [0.3, 0.4) is 0 Å². The zero-order chi connectivity index (χ0) is 23.5. The Morgan fingerprint density at radius 1 is 0.677 bits per heavy atom. The lowest BCUT2D eigenvalue weighted by Gasteiger charge is -2.13. The Kier molecular flexibility index (Phi) is 17.8. The molecule has 180 valence electrons. The van der Waals surface area contributed by atoms with Crippen molar-refractivity contribution in [2.24, 2.45) is 0 Å². The zero-order valence-corrected chi connectivity index (χ0v) is 20.0. The summed E-state index contributed by atoms with van der Waals surface area (Å²) >= 11 is 0. The molecular formula is C25H45NO5. The largest absolute Gasteiger partial charge is 0.481 e. The van der Waals surface area contributed by atoms with Gasteiger partial charge in [-0.25, -0.2) is 4.79 Å². The lowest BCUT2D eigenvalue weighted by atomic mass is 9.98. The summed E-state index contributed by atoms with van der Waals surface area (Å²) in [5.74, 6) is -2.57. The molecular weight excluding hydrogens is 394 g/mol. The molecule has 0 bridgehead atoms. The van der Waals surface area contributed by atoms with E-state index in [2.05, 4.69) is 26.1 Å². The third-order valence-corrected chi connectivity index (χ3v) is 5.87. The van der Waals surface area contributed by atoms with Gasteiger partial charge in [-0.1, -0.05) is 69.4 Å². The van der Waals surface area contributed by atoms with Crippen LogP contribution in [0.2, 0.25) is 0 Å². The molecule has 0 rings (SSSR count). The van der Waals surface area contributed by atoms with Crippen molar-refractivity contribution in [3.63, 3.8) is 0 Å². The van der Waals surface area contributed by atoms with Gasteiger partial charge in [0.05, 0.1) is 0 Å². The highest BCUT2D eigenvalue weighted by Gasteiger charge is 2.20. The van der Waals surface area contributed by atoms with Crippen molar-refractivity contribution in [2.45, 2.75) is 130 Å². The minimum absolute atomic E-state index is 0.0957. The number of hydrogen-bond donors (Lipinski definition) is 3.